The number of carbonyl (C=O) groups is 2. The summed E-state index contributed by atoms with van der Waals surface area (Å²) in [5, 5.41) is 0. The molecule has 0 unspecified atom stereocenters. The molecule has 0 N–H and O–H groups in total. The van der Waals surface area contributed by atoms with E-state index in [9.17, 15) is 9.59 Å². The number of rotatable bonds is 5. The lowest BCUT2D eigenvalue weighted by Crippen LogP contribution is -2.37. The fourth-order valence-corrected chi connectivity index (χ4v) is 2.23. The average Bonchev–Trinajstić information content (AvgIpc) is 2.90. The molecule has 1 fully saturated rings. The third kappa shape index (κ3) is 2.39. The molecule has 2 aliphatic rings. The summed E-state index contributed by atoms with van der Waals surface area (Å²) in [5.74, 6) is -1.39. The molecule has 5 heteroatoms. The maximum Gasteiger partial charge on any atom is 0.261 e. The third-order valence-electron chi connectivity index (χ3n) is 3.34. The first-order chi connectivity index (χ1) is 9.02. The summed E-state index contributed by atoms with van der Waals surface area (Å²) in [6, 6.07) is 0. The van der Waals surface area contributed by atoms with Gasteiger partial charge in [-0.15, -0.1) is 0 Å². The molecule has 0 aromatic heterocycles. The predicted octanol–water partition coefficient (Wildman–Crippen LogP) is 1.18. The largest absolute Gasteiger partial charge is 0.348 e. The molecule has 1 saturated heterocycles. The van der Waals surface area contributed by atoms with Crippen molar-refractivity contribution < 1.29 is 19.1 Å². The first kappa shape index (κ1) is 13.7. The summed E-state index contributed by atoms with van der Waals surface area (Å²) in [4.78, 5) is 25.3. The fourth-order valence-electron chi connectivity index (χ4n) is 2.23. The summed E-state index contributed by atoms with van der Waals surface area (Å²) in [5.41, 5.74) is 0.608. The molecule has 5 nitrogen and oxygen atoms in total. The molecule has 102 valence electrons. The Morgan fingerprint density at radius 2 is 1.63 bits per heavy atom. The van der Waals surface area contributed by atoms with Crippen molar-refractivity contribution in [1.82, 2.24) is 4.90 Å². The molecule has 0 aromatic carbocycles. The van der Waals surface area contributed by atoms with Crippen molar-refractivity contribution in [2.24, 2.45) is 0 Å². The standard InChI is InChI=1S/C14H17NO4/c1-4-10-11(5-2)13(17)15(12(10)16)7-6-14(3)18-8-9-19-14/h4-5H,1-2,6-9H2,3H3. The highest BCUT2D eigenvalue weighted by molar-refractivity contribution is 6.21. The number of carbonyl (C=O) groups excluding carboxylic acids is 2. The van der Waals surface area contributed by atoms with Gasteiger partial charge in [0.05, 0.1) is 24.4 Å². The van der Waals surface area contributed by atoms with E-state index in [1.807, 2.05) is 0 Å². The highest BCUT2D eigenvalue weighted by Crippen LogP contribution is 2.27. The Kier molecular flexibility index (Phi) is 3.68. The van der Waals surface area contributed by atoms with Gasteiger partial charge in [-0.1, -0.05) is 25.3 Å². The van der Waals surface area contributed by atoms with Crippen molar-refractivity contribution in [3.63, 3.8) is 0 Å². The van der Waals surface area contributed by atoms with Crippen LogP contribution < -0.4 is 0 Å². The Bertz CT molecular complexity index is 442. The summed E-state index contributed by atoms with van der Waals surface area (Å²) < 4.78 is 10.9. The van der Waals surface area contributed by atoms with Gasteiger partial charge in [0.2, 0.25) is 0 Å². The van der Waals surface area contributed by atoms with Crippen LogP contribution in [-0.4, -0.2) is 42.3 Å². The van der Waals surface area contributed by atoms with Crippen molar-refractivity contribution in [1.29, 1.82) is 0 Å². The van der Waals surface area contributed by atoms with Gasteiger partial charge in [0, 0.05) is 13.0 Å². The zero-order valence-corrected chi connectivity index (χ0v) is 11.0. The van der Waals surface area contributed by atoms with Gasteiger partial charge in [-0.2, -0.15) is 0 Å². The molecule has 2 heterocycles. The van der Waals surface area contributed by atoms with Crippen LogP contribution in [0.15, 0.2) is 36.5 Å². The van der Waals surface area contributed by atoms with Gasteiger partial charge in [-0.3, -0.25) is 14.5 Å². The van der Waals surface area contributed by atoms with Crippen LogP contribution in [0.25, 0.3) is 0 Å². The summed E-state index contributed by atoms with van der Waals surface area (Å²) >= 11 is 0. The smallest absolute Gasteiger partial charge is 0.261 e. The van der Waals surface area contributed by atoms with Gasteiger partial charge in [0.25, 0.3) is 11.8 Å². The first-order valence-corrected chi connectivity index (χ1v) is 6.15. The molecule has 0 aliphatic carbocycles. The number of nitrogens with zero attached hydrogens (tertiary/aromatic N) is 1. The van der Waals surface area contributed by atoms with Gasteiger partial charge >= 0.3 is 0 Å². The second kappa shape index (κ2) is 5.11. The number of hydrogen-bond donors (Lipinski definition) is 0. The van der Waals surface area contributed by atoms with Crippen LogP contribution in [0.2, 0.25) is 0 Å². The lowest BCUT2D eigenvalue weighted by molar-refractivity contribution is -0.154. The van der Waals surface area contributed by atoms with Crippen molar-refractivity contribution in [3.8, 4) is 0 Å². The molecule has 0 saturated carbocycles. The van der Waals surface area contributed by atoms with E-state index in [4.69, 9.17) is 9.47 Å². The second-order valence-electron chi connectivity index (χ2n) is 4.58. The summed E-state index contributed by atoms with van der Waals surface area (Å²) in [7, 11) is 0. The molecule has 0 spiro atoms. The van der Waals surface area contributed by atoms with Crippen LogP contribution >= 0.6 is 0 Å². The Hall–Kier alpha value is -1.72. The maximum atomic E-state index is 12.1. The van der Waals surface area contributed by atoms with E-state index in [-0.39, 0.29) is 18.4 Å². The van der Waals surface area contributed by atoms with E-state index in [0.29, 0.717) is 30.8 Å². The third-order valence-corrected chi connectivity index (χ3v) is 3.34. The average molecular weight is 263 g/mol. The molecular formula is C14H17NO4. The minimum atomic E-state index is -0.716. The van der Waals surface area contributed by atoms with Crippen LogP contribution in [0.5, 0.6) is 0 Å². The Labute approximate surface area is 112 Å². The van der Waals surface area contributed by atoms with Gasteiger partial charge in [-0.05, 0) is 6.92 Å². The normalized spacial score (nSPS) is 22.3. The van der Waals surface area contributed by atoms with Gasteiger partial charge in [0.15, 0.2) is 5.79 Å². The van der Waals surface area contributed by atoms with Gasteiger partial charge in [-0.25, -0.2) is 0 Å². The number of hydrogen-bond acceptors (Lipinski definition) is 4. The Balaban J connectivity index is 2.07. The lowest BCUT2D eigenvalue weighted by Gasteiger charge is -2.24. The van der Waals surface area contributed by atoms with Gasteiger partial charge < -0.3 is 9.47 Å². The lowest BCUT2D eigenvalue weighted by atomic mass is 10.1. The minimum absolute atomic E-state index is 0.253. The zero-order valence-electron chi connectivity index (χ0n) is 11.0. The van der Waals surface area contributed by atoms with E-state index in [1.165, 1.54) is 17.1 Å². The molecule has 2 aliphatic heterocycles. The van der Waals surface area contributed by atoms with Crippen molar-refractivity contribution >= 4 is 11.8 Å². The molecular weight excluding hydrogens is 246 g/mol. The number of imide groups is 1. The van der Waals surface area contributed by atoms with E-state index in [0.717, 1.165) is 0 Å². The maximum absolute atomic E-state index is 12.1. The highest BCUT2D eigenvalue weighted by Gasteiger charge is 2.38. The highest BCUT2D eigenvalue weighted by atomic mass is 16.7. The van der Waals surface area contributed by atoms with E-state index in [1.54, 1.807) is 6.92 Å². The number of ether oxygens (including phenoxy) is 2. The molecule has 2 rings (SSSR count). The van der Waals surface area contributed by atoms with Crippen molar-refractivity contribution in [2.75, 3.05) is 19.8 Å². The van der Waals surface area contributed by atoms with Crippen LogP contribution in [-0.2, 0) is 19.1 Å². The molecule has 19 heavy (non-hydrogen) atoms. The zero-order chi connectivity index (χ0) is 14.0. The Morgan fingerprint density at radius 3 is 2.05 bits per heavy atom. The quantitative estimate of drug-likeness (QED) is 0.699. The van der Waals surface area contributed by atoms with Crippen LogP contribution in [0.1, 0.15) is 13.3 Å². The summed E-state index contributed by atoms with van der Waals surface area (Å²) in [6.45, 7) is 10.2. The second-order valence-corrected chi connectivity index (χ2v) is 4.58. The van der Waals surface area contributed by atoms with Crippen molar-refractivity contribution in [2.45, 2.75) is 19.1 Å². The topological polar surface area (TPSA) is 55.8 Å². The van der Waals surface area contributed by atoms with E-state index < -0.39 is 5.79 Å². The number of amides is 2. The van der Waals surface area contributed by atoms with Crippen LogP contribution in [0, 0.1) is 0 Å². The SMILES string of the molecule is C=CC1=C(C=C)C(=O)N(CCC2(C)OCCO2)C1=O. The first-order valence-electron chi connectivity index (χ1n) is 6.15. The molecule has 0 bridgehead atoms. The van der Waals surface area contributed by atoms with Crippen LogP contribution in [0.4, 0.5) is 0 Å². The molecule has 0 radical (unpaired) electrons. The Morgan fingerprint density at radius 1 is 1.16 bits per heavy atom. The van der Waals surface area contributed by atoms with Crippen LogP contribution in [0.3, 0.4) is 0 Å². The predicted molar refractivity (Wildman–Crippen MR) is 69.1 cm³/mol. The summed E-state index contributed by atoms with van der Waals surface area (Å²) in [6.07, 6.45) is 3.22. The molecule has 2 amide bonds. The van der Waals surface area contributed by atoms with E-state index in [2.05, 4.69) is 13.2 Å². The van der Waals surface area contributed by atoms with Crippen molar-refractivity contribution in [3.05, 3.63) is 36.5 Å². The molecule has 0 atom stereocenters. The van der Waals surface area contributed by atoms with E-state index >= 15 is 0 Å². The monoisotopic (exact) mass is 263 g/mol. The van der Waals surface area contributed by atoms with Gasteiger partial charge in [0.1, 0.15) is 0 Å². The fraction of sp³-hybridized carbons (Fsp3) is 0.429. The molecule has 0 aromatic rings. The minimum Gasteiger partial charge on any atom is -0.348 e.